The molecule has 34 heavy (non-hydrogen) atoms. The Bertz CT molecular complexity index is 1570. The maximum Gasteiger partial charge on any atom is 0.416 e. The number of hydrogen-bond donors (Lipinski definition) is 1. The van der Waals surface area contributed by atoms with Gasteiger partial charge in [-0.1, -0.05) is 6.07 Å². The summed E-state index contributed by atoms with van der Waals surface area (Å²) >= 11 is 0. The van der Waals surface area contributed by atoms with E-state index in [1.165, 1.54) is 29.1 Å². The number of carbonyl (C=O) groups excluding carboxylic acids is 1. The number of nitrogen functional groups attached to an aromatic ring is 1. The number of anilines is 1. The van der Waals surface area contributed by atoms with Crippen LogP contribution in [0.2, 0.25) is 0 Å². The Morgan fingerprint density at radius 2 is 2.06 bits per heavy atom. The predicted molar refractivity (Wildman–Crippen MR) is 114 cm³/mol. The second-order valence-electron chi connectivity index (χ2n) is 8.25. The third kappa shape index (κ3) is 3.06. The van der Waals surface area contributed by atoms with Crippen LogP contribution in [0.3, 0.4) is 0 Å². The van der Waals surface area contributed by atoms with Gasteiger partial charge in [-0.25, -0.2) is 14.4 Å². The van der Waals surface area contributed by atoms with Gasteiger partial charge in [0.2, 0.25) is 0 Å². The van der Waals surface area contributed by atoms with Crippen molar-refractivity contribution in [3.8, 4) is 5.75 Å². The first kappa shape index (κ1) is 18.5. The van der Waals surface area contributed by atoms with Crippen LogP contribution >= 0.6 is 0 Å². The number of nitrogens with two attached hydrogens (primary N) is 1. The van der Waals surface area contributed by atoms with Crippen LogP contribution in [0, 0.1) is 5.82 Å². The first-order chi connectivity index (χ1) is 16.9. The molecule has 2 aliphatic rings. The monoisotopic (exact) mass is 473 g/mol. The lowest BCUT2D eigenvalue weighted by Gasteiger charge is -2.44. The fraction of sp³-hybridized carbons (Fsp3) is 0.261. The smallest absolute Gasteiger partial charge is 0.416 e. The number of rotatable bonds is 1. The van der Waals surface area contributed by atoms with Crippen molar-refractivity contribution in [1.29, 1.82) is 0 Å². The number of alkyl halides is 3. The Balaban J connectivity index is 1.48. The van der Waals surface area contributed by atoms with Gasteiger partial charge in [-0.3, -0.25) is 9.20 Å². The van der Waals surface area contributed by atoms with Crippen molar-refractivity contribution >= 4 is 28.3 Å². The largest absolute Gasteiger partial charge is 0.490 e. The molecule has 0 radical (unpaired) electrons. The lowest BCUT2D eigenvalue weighted by atomic mass is 9.88. The Hall–Kier alpha value is -3.89. The molecule has 2 aliphatic heterocycles. The van der Waals surface area contributed by atoms with Gasteiger partial charge < -0.3 is 15.4 Å². The molecule has 2 aromatic heterocycles. The third-order valence-corrected chi connectivity index (χ3v) is 6.20. The van der Waals surface area contributed by atoms with Gasteiger partial charge in [-0.2, -0.15) is 13.2 Å². The molecule has 2 bridgehead atoms. The number of nitrogens with zero attached hydrogens (tertiary/aromatic N) is 4. The van der Waals surface area contributed by atoms with Gasteiger partial charge in [0, 0.05) is 33.7 Å². The van der Waals surface area contributed by atoms with Crippen molar-refractivity contribution in [2.75, 3.05) is 12.2 Å². The highest BCUT2D eigenvalue weighted by molar-refractivity contribution is 5.99. The van der Waals surface area contributed by atoms with Crippen LogP contribution in [-0.4, -0.2) is 37.8 Å². The van der Waals surface area contributed by atoms with Crippen LogP contribution in [0.1, 0.15) is 43.1 Å². The van der Waals surface area contributed by atoms with E-state index in [9.17, 15) is 18.0 Å². The van der Waals surface area contributed by atoms with Gasteiger partial charge in [0.15, 0.2) is 0 Å². The summed E-state index contributed by atoms with van der Waals surface area (Å²) in [4.78, 5) is 22.8. The minimum Gasteiger partial charge on any atom is -0.490 e. The van der Waals surface area contributed by atoms with E-state index in [1.807, 2.05) is 0 Å². The molecule has 0 spiro atoms. The summed E-state index contributed by atoms with van der Waals surface area (Å²) in [6.45, 7) is -2.25. The first-order valence-electron chi connectivity index (χ1n) is 11.4. The minimum absolute atomic E-state index is 0.0712. The van der Waals surface area contributed by atoms with E-state index in [0.29, 0.717) is 11.0 Å². The van der Waals surface area contributed by atoms with Gasteiger partial charge in [-0.05, 0) is 18.2 Å². The van der Waals surface area contributed by atoms with E-state index in [-0.39, 0.29) is 35.5 Å². The van der Waals surface area contributed by atoms with Crippen molar-refractivity contribution in [2.45, 2.75) is 31.2 Å². The Kier molecular flexibility index (Phi) is 3.84. The second-order valence-corrected chi connectivity index (χ2v) is 8.25. The highest BCUT2D eigenvalue weighted by Gasteiger charge is 2.41. The van der Waals surface area contributed by atoms with Crippen molar-refractivity contribution in [3.63, 3.8) is 0 Å². The van der Waals surface area contributed by atoms with E-state index >= 15 is 4.39 Å². The molecular weight excluding hydrogens is 454 g/mol. The third-order valence-electron chi connectivity index (χ3n) is 6.20. The van der Waals surface area contributed by atoms with Crippen LogP contribution in [0.4, 0.5) is 23.4 Å². The molecule has 1 amide bonds. The van der Waals surface area contributed by atoms with Crippen molar-refractivity contribution in [3.05, 3.63) is 65.4 Å². The second kappa shape index (κ2) is 7.05. The van der Waals surface area contributed by atoms with Crippen LogP contribution in [0.15, 0.2) is 42.9 Å². The van der Waals surface area contributed by atoms with Gasteiger partial charge in [-0.15, -0.1) is 0 Å². The zero-order chi connectivity index (χ0) is 25.6. The molecule has 174 valence electrons. The molecule has 6 rings (SSSR count). The molecule has 7 nitrogen and oxygen atoms in total. The first-order valence-corrected chi connectivity index (χ1v) is 10.4. The fourth-order valence-corrected chi connectivity index (χ4v) is 4.58. The predicted octanol–water partition coefficient (Wildman–Crippen LogP) is 4.36. The maximum atomic E-state index is 15.2. The summed E-state index contributed by atoms with van der Waals surface area (Å²) in [5.74, 6) is -1.83. The van der Waals surface area contributed by atoms with E-state index < -0.39 is 47.7 Å². The molecule has 11 heteroatoms. The molecule has 1 saturated heterocycles. The molecule has 2 aromatic carbocycles. The molecule has 2 atom stereocenters. The van der Waals surface area contributed by atoms with Gasteiger partial charge in [0.05, 0.1) is 40.7 Å². The standard InChI is InChI=1S/C23H17F4N5O2/c24-15-8-16-18(32-10-29-9-19(32)21(28)30-16)7-14(15)22(33)31-4-3-12-6-17(31)13-2-1-11(23(25,26)27)5-20(13)34-12/h1-2,5,7-10,12,17H,3-4,6H2,(H2,28,30)/t12-,17+/m0/s1/i4D2. The average molecular weight is 473 g/mol. The van der Waals surface area contributed by atoms with Crippen LogP contribution in [0.5, 0.6) is 5.75 Å². The molecule has 0 saturated carbocycles. The number of ether oxygens (including phenoxy) is 1. The van der Waals surface area contributed by atoms with E-state index in [4.69, 9.17) is 13.2 Å². The zero-order valence-electron chi connectivity index (χ0n) is 19.3. The topological polar surface area (TPSA) is 85.8 Å². The number of aromatic nitrogens is 3. The van der Waals surface area contributed by atoms with Crippen molar-refractivity contribution in [1.82, 2.24) is 19.3 Å². The summed E-state index contributed by atoms with van der Waals surface area (Å²) < 4.78 is 79.2. The highest BCUT2D eigenvalue weighted by Crippen LogP contribution is 2.45. The average Bonchev–Trinajstić information content (AvgIpc) is 3.28. The van der Waals surface area contributed by atoms with Crippen molar-refractivity contribution in [2.24, 2.45) is 0 Å². The van der Waals surface area contributed by atoms with E-state index in [2.05, 4.69) is 9.97 Å². The molecule has 4 heterocycles. The van der Waals surface area contributed by atoms with E-state index in [0.717, 1.165) is 23.1 Å². The molecular formula is C23H17F4N5O2. The number of benzene rings is 2. The molecule has 2 N–H and O–H groups in total. The summed E-state index contributed by atoms with van der Waals surface area (Å²) in [5, 5.41) is 0. The molecule has 0 unspecified atom stereocenters. The Morgan fingerprint density at radius 1 is 1.24 bits per heavy atom. The number of carbonyl (C=O) groups is 1. The molecule has 0 aliphatic carbocycles. The summed E-state index contributed by atoms with van der Waals surface area (Å²) in [7, 11) is 0. The number of hydrogen-bond acceptors (Lipinski definition) is 5. The SMILES string of the molecule is [2H]C1([2H])C[C@H]2C[C@H](c3ccc(C(F)(F)F)cc3O2)N1C(=O)c1cc2c(cc1F)nc(N)c1cncn12. The normalized spacial score (nSPS) is 22.2. The van der Waals surface area contributed by atoms with Gasteiger partial charge >= 0.3 is 6.18 Å². The van der Waals surface area contributed by atoms with Crippen molar-refractivity contribution < 1.29 is 29.8 Å². The highest BCUT2D eigenvalue weighted by atomic mass is 19.4. The lowest BCUT2D eigenvalue weighted by molar-refractivity contribution is -0.137. The zero-order valence-corrected chi connectivity index (χ0v) is 17.3. The number of halogens is 4. The fourth-order valence-electron chi connectivity index (χ4n) is 4.58. The minimum atomic E-state index is -4.60. The van der Waals surface area contributed by atoms with Gasteiger partial charge in [0.1, 0.15) is 29.0 Å². The summed E-state index contributed by atoms with van der Waals surface area (Å²) in [6.07, 6.45) is -2.58. The summed E-state index contributed by atoms with van der Waals surface area (Å²) in [5.41, 5.74) is 5.75. The Morgan fingerprint density at radius 3 is 2.85 bits per heavy atom. The van der Waals surface area contributed by atoms with Gasteiger partial charge in [0.25, 0.3) is 5.91 Å². The molecule has 1 fully saturated rings. The summed E-state index contributed by atoms with van der Waals surface area (Å²) in [6, 6.07) is 4.22. The number of likely N-dealkylation sites (tertiary alicyclic amines) is 1. The quantitative estimate of drug-likeness (QED) is 0.415. The van der Waals surface area contributed by atoms with Crippen LogP contribution in [0.25, 0.3) is 16.6 Å². The Labute approximate surface area is 192 Å². The number of imidazole rings is 1. The van der Waals surface area contributed by atoms with Crippen LogP contribution < -0.4 is 10.5 Å². The maximum absolute atomic E-state index is 15.2. The van der Waals surface area contributed by atoms with Crippen LogP contribution in [-0.2, 0) is 6.18 Å². The number of piperidine rings is 1. The molecule has 4 aromatic rings. The van der Waals surface area contributed by atoms with E-state index in [1.54, 1.807) is 0 Å². The number of fused-ring (bicyclic) bond motifs is 7. The lowest BCUT2D eigenvalue weighted by Crippen LogP contribution is -2.46. The number of amides is 1.